The van der Waals surface area contributed by atoms with Gasteiger partial charge >= 0.3 is 17.9 Å². The standard InChI is InChI=1S/C11H4ClN3O5/c12-6-2-1-4(3-5(6)9(16)17)15-8-7(13-14-15)10(18)20-11(8)19/h1-3H,(H,16,17). The zero-order valence-electron chi connectivity index (χ0n) is 9.53. The van der Waals surface area contributed by atoms with Gasteiger partial charge in [-0.3, -0.25) is 0 Å². The molecule has 0 aliphatic carbocycles. The highest BCUT2D eigenvalue weighted by Gasteiger charge is 2.37. The summed E-state index contributed by atoms with van der Waals surface area (Å²) in [5, 5.41) is 16.2. The van der Waals surface area contributed by atoms with Gasteiger partial charge in [0.25, 0.3) is 0 Å². The number of carbonyl (C=O) groups excluding carboxylic acids is 2. The van der Waals surface area contributed by atoms with Crippen molar-refractivity contribution in [2.45, 2.75) is 0 Å². The van der Waals surface area contributed by atoms with Crippen molar-refractivity contribution in [3.05, 3.63) is 40.2 Å². The maximum atomic E-state index is 11.5. The van der Waals surface area contributed by atoms with E-state index in [2.05, 4.69) is 15.0 Å². The Morgan fingerprint density at radius 1 is 1.30 bits per heavy atom. The van der Waals surface area contributed by atoms with E-state index in [1.54, 1.807) is 0 Å². The molecule has 1 aromatic heterocycles. The lowest BCUT2D eigenvalue weighted by molar-refractivity contribution is 0.0433. The van der Waals surface area contributed by atoms with Gasteiger partial charge in [0.05, 0.1) is 16.3 Å². The highest BCUT2D eigenvalue weighted by molar-refractivity contribution is 6.33. The molecule has 0 amide bonds. The monoisotopic (exact) mass is 293 g/mol. The molecule has 0 fully saturated rings. The van der Waals surface area contributed by atoms with Gasteiger partial charge in [-0.2, -0.15) is 0 Å². The van der Waals surface area contributed by atoms with Gasteiger partial charge in [0.2, 0.25) is 5.69 Å². The average molecular weight is 294 g/mol. The minimum absolute atomic E-state index is 0.0386. The van der Waals surface area contributed by atoms with E-state index >= 15 is 0 Å². The van der Waals surface area contributed by atoms with Crippen LogP contribution in [0.1, 0.15) is 31.3 Å². The van der Waals surface area contributed by atoms with Crippen molar-refractivity contribution < 1.29 is 24.2 Å². The Balaban J connectivity index is 2.19. The first-order chi connectivity index (χ1) is 9.49. The second-order valence-corrected chi connectivity index (χ2v) is 4.25. The number of hydrogen-bond donors (Lipinski definition) is 1. The number of carboxylic acid groups (broad SMARTS) is 1. The van der Waals surface area contributed by atoms with E-state index in [1.807, 2.05) is 0 Å². The van der Waals surface area contributed by atoms with Crippen LogP contribution in [-0.2, 0) is 4.74 Å². The van der Waals surface area contributed by atoms with Crippen LogP contribution in [0.5, 0.6) is 0 Å². The third-order valence-electron chi connectivity index (χ3n) is 2.67. The summed E-state index contributed by atoms with van der Waals surface area (Å²) in [5.74, 6) is -3.00. The lowest BCUT2D eigenvalue weighted by Crippen LogP contribution is -2.09. The number of ether oxygens (including phenoxy) is 1. The first-order valence-corrected chi connectivity index (χ1v) is 5.62. The Labute approximate surface area is 115 Å². The summed E-state index contributed by atoms with van der Waals surface area (Å²) in [7, 11) is 0. The second kappa shape index (κ2) is 4.14. The predicted molar refractivity (Wildman–Crippen MR) is 63.1 cm³/mol. The summed E-state index contributed by atoms with van der Waals surface area (Å²) >= 11 is 5.75. The van der Waals surface area contributed by atoms with Gasteiger partial charge in [-0.1, -0.05) is 16.8 Å². The van der Waals surface area contributed by atoms with Gasteiger partial charge in [-0.25, -0.2) is 19.1 Å². The Morgan fingerprint density at radius 3 is 2.75 bits per heavy atom. The average Bonchev–Trinajstić information content (AvgIpc) is 2.93. The van der Waals surface area contributed by atoms with Crippen molar-refractivity contribution in [2.75, 3.05) is 0 Å². The van der Waals surface area contributed by atoms with Crippen molar-refractivity contribution in [2.24, 2.45) is 0 Å². The largest absolute Gasteiger partial charge is 0.478 e. The maximum absolute atomic E-state index is 11.5. The van der Waals surface area contributed by atoms with Crippen LogP contribution in [0.25, 0.3) is 5.69 Å². The molecular formula is C11H4ClN3O5. The minimum Gasteiger partial charge on any atom is -0.478 e. The van der Waals surface area contributed by atoms with Gasteiger partial charge in [-0.15, -0.1) is 5.10 Å². The van der Waals surface area contributed by atoms with Gasteiger partial charge in [0.15, 0.2) is 5.69 Å². The molecule has 0 saturated heterocycles. The number of aromatic nitrogens is 3. The van der Waals surface area contributed by atoms with E-state index in [0.717, 1.165) is 4.68 Å². The molecular weight excluding hydrogens is 290 g/mol. The van der Waals surface area contributed by atoms with E-state index in [4.69, 9.17) is 16.7 Å². The SMILES string of the molecule is O=C(O)c1cc(-n2nnc3c2C(=O)OC3=O)ccc1Cl. The number of nitrogens with zero attached hydrogens (tertiary/aromatic N) is 3. The molecule has 0 atom stereocenters. The van der Waals surface area contributed by atoms with Gasteiger partial charge in [0, 0.05) is 0 Å². The molecule has 2 heterocycles. The van der Waals surface area contributed by atoms with E-state index in [1.165, 1.54) is 18.2 Å². The minimum atomic E-state index is -1.23. The summed E-state index contributed by atoms with van der Waals surface area (Å²) in [6.07, 6.45) is 0. The summed E-state index contributed by atoms with van der Waals surface area (Å²) in [6, 6.07) is 4.01. The molecule has 0 radical (unpaired) electrons. The lowest BCUT2D eigenvalue weighted by Gasteiger charge is -2.05. The number of benzene rings is 1. The molecule has 8 nitrogen and oxygen atoms in total. The number of fused-ring (bicyclic) bond motifs is 1. The van der Waals surface area contributed by atoms with Crippen molar-refractivity contribution in [3.63, 3.8) is 0 Å². The molecule has 3 rings (SSSR count). The quantitative estimate of drug-likeness (QED) is 0.647. The topological polar surface area (TPSA) is 111 Å². The number of cyclic esters (lactones) is 2. The fourth-order valence-electron chi connectivity index (χ4n) is 1.77. The highest BCUT2D eigenvalue weighted by Crippen LogP contribution is 2.24. The number of hydrogen-bond acceptors (Lipinski definition) is 6. The number of aromatic carboxylic acids is 1. The van der Waals surface area contributed by atoms with Crippen molar-refractivity contribution in [3.8, 4) is 5.69 Å². The molecule has 1 aliphatic rings. The second-order valence-electron chi connectivity index (χ2n) is 3.84. The number of carboxylic acids is 1. The van der Waals surface area contributed by atoms with Crippen LogP contribution in [0.4, 0.5) is 0 Å². The normalized spacial score (nSPS) is 13.2. The first kappa shape index (κ1) is 12.3. The smallest absolute Gasteiger partial charge is 0.369 e. The molecule has 1 aliphatic heterocycles. The molecule has 2 aromatic rings. The van der Waals surface area contributed by atoms with E-state index in [-0.39, 0.29) is 27.7 Å². The van der Waals surface area contributed by atoms with Crippen LogP contribution in [0.15, 0.2) is 18.2 Å². The zero-order valence-corrected chi connectivity index (χ0v) is 10.3. The van der Waals surface area contributed by atoms with Gasteiger partial charge < -0.3 is 9.84 Å². The molecule has 0 spiro atoms. The van der Waals surface area contributed by atoms with Gasteiger partial charge in [-0.05, 0) is 18.2 Å². The van der Waals surface area contributed by atoms with Crippen LogP contribution in [0.3, 0.4) is 0 Å². The Morgan fingerprint density at radius 2 is 2.05 bits per heavy atom. The molecule has 0 saturated carbocycles. The van der Waals surface area contributed by atoms with Crippen LogP contribution in [0, 0.1) is 0 Å². The van der Waals surface area contributed by atoms with E-state index in [9.17, 15) is 14.4 Å². The number of esters is 2. The van der Waals surface area contributed by atoms with E-state index < -0.39 is 17.9 Å². The van der Waals surface area contributed by atoms with Crippen molar-refractivity contribution >= 4 is 29.5 Å². The molecule has 100 valence electrons. The van der Waals surface area contributed by atoms with Crippen LogP contribution in [0.2, 0.25) is 5.02 Å². The summed E-state index contributed by atoms with van der Waals surface area (Å²) in [5.41, 5.74) is -0.284. The molecule has 20 heavy (non-hydrogen) atoms. The zero-order chi connectivity index (χ0) is 14.4. The fraction of sp³-hybridized carbons (Fsp3) is 0. The first-order valence-electron chi connectivity index (χ1n) is 5.24. The summed E-state index contributed by atoms with van der Waals surface area (Å²) in [4.78, 5) is 33.8. The number of carbonyl (C=O) groups is 3. The Kier molecular flexibility index (Phi) is 2.54. The Bertz CT molecular complexity index is 782. The van der Waals surface area contributed by atoms with Crippen molar-refractivity contribution in [1.82, 2.24) is 15.0 Å². The lowest BCUT2D eigenvalue weighted by atomic mass is 10.2. The molecule has 0 unspecified atom stereocenters. The fourth-order valence-corrected chi connectivity index (χ4v) is 1.97. The predicted octanol–water partition coefficient (Wildman–Crippen LogP) is 0.929. The van der Waals surface area contributed by atoms with Gasteiger partial charge in [0.1, 0.15) is 0 Å². The summed E-state index contributed by atoms with van der Waals surface area (Å²) in [6.45, 7) is 0. The molecule has 1 N–H and O–H groups in total. The summed E-state index contributed by atoms with van der Waals surface area (Å²) < 4.78 is 5.42. The highest BCUT2D eigenvalue weighted by atomic mass is 35.5. The molecule has 1 aromatic carbocycles. The number of halogens is 1. The maximum Gasteiger partial charge on any atom is 0.369 e. The van der Waals surface area contributed by atoms with Crippen LogP contribution < -0.4 is 0 Å². The van der Waals surface area contributed by atoms with E-state index in [0.29, 0.717) is 0 Å². The Hall–Kier alpha value is -2.74. The third kappa shape index (κ3) is 1.66. The van der Waals surface area contributed by atoms with Crippen LogP contribution in [-0.4, -0.2) is 38.0 Å². The molecule has 9 heteroatoms. The third-order valence-corrected chi connectivity index (χ3v) is 3.00. The van der Waals surface area contributed by atoms with Crippen LogP contribution >= 0.6 is 11.6 Å². The van der Waals surface area contributed by atoms with Crippen molar-refractivity contribution in [1.29, 1.82) is 0 Å². The number of rotatable bonds is 2. The molecule has 0 bridgehead atoms.